The van der Waals surface area contributed by atoms with Gasteiger partial charge in [-0.05, 0) is 49.4 Å². The Morgan fingerprint density at radius 3 is 2.63 bits per heavy atom. The van der Waals surface area contributed by atoms with Crippen LogP contribution >= 0.6 is 0 Å². The van der Waals surface area contributed by atoms with E-state index in [0.29, 0.717) is 5.75 Å². The molecule has 0 unspecified atom stereocenters. The molecule has 1 rings (SSSR count). The fraction of sp³-hybridized carbons (Fsp3) is 0.625. The molecule has 0 saturated carbocycles. The lowest BCUT2D eigenvalue weighted by Crippen LogP contribution is -2.25. The lowest BCUT2D eigenvalue weighted by atomic mass is 9.82. The van der Waals surface area contributed by atoms with Crippen LogP contribution < -0.4 is 10.1 Å². The van der Waals surface area contributed by atoms with E-state index in [4.69, 9.17) is 4.74 Å². The molecule has 0 amide bonds. The van der Waals surface area contributed by atoms with Crippen LogP contribution in [0.1, 0.15) is 39.2 Å². The van der Waals surface area contributed by atoms with Crippen molar-refractivity contribution in [3.05, 3.63) is 29.6 Å². The third-order valence-corrected chi connectivity index (χ3v) is 3.34. The van der Waals surface area contributed by atoms with Crippen molar-refractivity contribution in [1.29, 1.82) is 0 Å². The predicted octanol–water partition coefficient (Wildman–Crippen LogP) is 3.79. The molecule has 0 radical (unpaired) electrons. The normalized spacial score (nSPS) is 11.6. The molecule has 0 atom stereocenters. The number of hydrogen-bond donors (Lipinski definition) is 1. The summed E-state index contributed by atoms with van der Waals surface area (Å²) >= 11 is 0. The minimum Gasteiger partial charge on any atom is -0.494 e. The number of methoxy groups -OCH3 is 1. The Labute approximate surface area is 116 Å². The Morgan fingerprint density at radius 1 is 1.26 bits per heavy atom. The van der Waals surface area contributed by atoms with Crippen molar-refractivity contribution in [3.63, 3.8) is 0 Å². The highest BCUT2D eigenvalue weighted by molar-refractivity contribution is 5.31. The van der Waals surface area contributed by atoms with E-state index in [1.165, 1.54) is 7.11 Å². The number of rotatable bonds is 8. The second-order valence-corrected chi connectivity index (χ2v) is 5.77. The van der Waals surface area contributed by atoms with Gasteiger partial charge in [-0.1, -0.05) is 32.9 Å². The van der Waals surface area contributed by atoms with Gasteiger partial charge in [0.2, 0.25) is 0 Å². The number of hydrogen-bond acceptors (Lipinski definition) is 2. The first kappa shape index (κ1) is 16.0. The van der Waals surface area contributed by atoms with E-state index >= 15 is 0 Å². The average Bonchev–Trinajstić information content (AvgIpc) is 2.37. The summed E-state index contributed by atoms with van der Waals surface area (Å²) in [6.07, 6.45) is 2.90. The van der Waals surface area contributed by atoms with Gasteiger partial charge in [0.25, 0.3) is 0 Å². The summed E-state index contributed by atoms with van der Waals surface area (Å²) in [5.41, 5.74) is 0.813. The van der Waals surface area contributed by atoms with E-state index in [2.05, 4.69) is 26.1 Å². The van der Waals surface area contributed by atoms with E-state index in [1.54, 1.807) is 6.07 Å². The van der Waals surface area contributed by atoms with E-state index in [-0.39, 0.29) is 11.2 Å². The van der Waals surface area contributed by atoms with E-state index in [0.717, 1.165) is 37.9 Å². The standard InChI is InChI=1S/C16H26FNO/c1-5-10-18-11-9-16(2,3)12-13-7-6-8-14(19-4)15(13)17/h6-8,18H,5,9-12H2,1-4H3. The smallest absolute Gasteiger partial charge is 0.168 e. The summed E-state index contributed by atoms with van der Waals surface area (Å²) in [5, 5.41) is 3.40. The largest absolute Gasteiger partial charge is 0.494 e. The molecule has 0 spiro atoms. The molecule has 0 aliphatic rings. The van der Waals surface area contributed by atoms with E-state index < -0.39 is 0 Å². The Kier molecular flexibility index (Phi) is 6.29. The second kappa shape index (κ2) is 7.49. The van der Waals surface area contributed by atoms with Crippen LogP contribution in [0.15, 0.2) is 18.2 Å². The van der Waals surface area contributed by atoms with Gasteiger partial charge in [-0.15, -0.1) is 0 Å². The molecule has 0 heterocycles. The third kappa shape index (κ3) is 5.19. The Balaban J connectivity index is 2.62. The van der Waals surface area contributed by atoms with Crippen LogP contribution in [0.5, 0.6) is 5.75 Å². The van der Waals surface area contributed by atoms with E-state index in [1.807, 2.05) is 12.1 Å². The zero-order valence-electron chi connectivity index (χ0n) is 12.6. The Hall–Kier alpha value is -1.09. The lowest BCUT2D eigenvalue weighted by Gasteiger charge is -2.25. The lowest BCUT2D eigenvalue weighted by molar-refractivity contribution is 0.317. The van der Waals surface area contributed by atoms with Crippen LogP contribution in [0, 0.1) is 11.2 Å². The molecule has 3 heteroatoms. The van der Waals surface area contributed by atoms with Gasteiger partial charge in [-0.25, -0.2) is 4.39 Å². The molecular formula is C16H26FNO. The van der Waals surface area contributed by atoms with Gasteiger partial charge in [-0.2, -0.15) is 0 Å². The topological polar surface area (TPSA) is 21.3 Å². The zero-order chi connectivity index (χ0) is 14.3. The molecule has 2 nitrogen and oxygen atoms in total. The van der Waals surface area contributed by atoms with Crippen molar-refractivity contribution in [2.75, 3.05) is 20.2 Å². The summed E-state index contributed by atoms with van der Waals surface area (Å²) in [5.74, 6) is 0.108. The van der Waals surface area contributed by atoms with Crippen molar-refractivity contribution in [3.8, 4) is 5.75 Å². The molecular weight excluding hydrogens is 241 g/mol. The average molecular weight is 267 g/mol. The summed E-state index contributed by atoms with van der Waals surface area (Å²) in [6, 6.07) is 5.36. The fourth-order valence-corrected chi connectivity index (χ4v) is 2.18. The molecule has 1 aromatic rings. The Morgan fingerprint density at radius 2 is 2.00 bits per heavy atom. The highest BCUT2D eigenvalue weighted by Gasteiger charge is 2.21. The molecule has 0 aromatic heterocycles. The SMILES string of the molecule is CCCNCCC(C)(C)Cc1cccc(OC)c1F. The summed E-state index contributed by atoms with van der Waals surface area (Å²) in [6.45, 7) is 8.54. The molecule has 0 saturated heterocycles. The minimum absolute atomic E-state index is 0.0773. The van der Waals surface area contributed by atoms with Crippen LogP contribution in [0.4, 0.5) is 4.39 Å². The number of ether oxygens (including phenoxy) is 1. The third-order valence-electron chi connectivity index (χ3n) is 3.34. The predicted molar refractivity (Wildman–Crippen MR) is 78.2 cm³/mol. The molecule has 1 N–H and O–H groups in total. The van der Waals surface area contributed by atoms with Crippen LogP contribution in [0.3, 0.4) is 0 Å². The van der Waals surface area contributed by atoms with Crippen LogP contribution in [0.2, 0.25) is 0 Å². The molecule has 0 fully saturated rings. The first-order valence-electron chi connectivity index (χ1n) is 7.02. The van der Waals surface area contributed by atoms with Gasteiger partial charge in [0.05, 0.1) is 7.11 Å². The quantitative estimate of drug-likeness (QED) is 0.723. The maximum atomic E-state index is 14.1. The molecule has 0 aliphatic carbocycles. The van der Waals surface area contributed by atoms with Gasteiger partial charge in [0.15, 0.2) is 11.6 Å². The molecule has 108 valence electrons. The molecule has 0 bridgehead atoms. The summed E-state index contributed by atoms with van der Waals surface area (Å²) in [4.78, 5) is 0. The summed E-state index contributed by atoms with van der Waals surface area (Å²) < 4.78 is 19.1. The minimum atomic E-state index is -0.223. The molecule has 19 heavy (non-hydrogen) atoms. The number of nitrogens with one attached hydrogen (secondary N) is 1. The van der Waals surface area contributed by atoms with Gasteiger partial charge >= 0.3 is 0 Å². The maximum Gasteiger partial charge on any atom is 0.168 e. The molecule has 0 aliphatic heterocycles. The van der Waals surface area contributed by atoms with Crippen molar-refractivity contribution in [2.24, 2.45) is 5.41 Å². The van der Waals surface area contributed by atoms with Gasteiger partial charge in [-0.3, -0.25) is 0 Å². The first-order valence-corrected chi connectivity index (χ1v) is 7.02. The zero-order valence-corrected chi connectivity index (χ0v) is 12.6. The first-order chi connectivity index (χ1) is 9.00. The monoisotopic (exact) mass is 267 g/mol. The highest BCUT2D eigenvalue weighted by Crippen LogP contribution is 2.29. The van der Waals surface area contributed by atoms with Crippen LogP contribution in [-0.4, -0.2) is 20.2 Å². The van der Waals surface area contributed by atoms with Crippen molar-refractivity contribution in [2.45, 2.75) is 40.0 Å². The van der Waals surface area contributed by atoms with Crippen molar-refractivity contribution < 1.29 is 9.13 Å². The van der Waals surface area contributed by atoms with Gasteiger partial charge in [0, 0.05) is 0 Å². The highest BCUT2D eigenvalue weighted by atomic mass is 19.1. The van der Waals surface area contributed by atoms with E-state index in [9.17, 15) is 4.39 Å². The number of halogens is 1. The maximum absolute atomic E-state index is 14.1. The number of benzene rings is 1. The summed E-state index contributed by atoms with van der Waals surface area (Å²) in [7, 11) is 1.50. The second-order valence-electron chi connectivity index (χ2n) is 5.77. The van der Waals surface area contributed by atoms with Gasteiger partial charge < -0.3 is 10.1 Å². The van der Waals surface area contributed by atoms with Gasteiger partial charge in [0.1, 0.15) is 0 Å². The fourth-order valence-electron chi connectivity index (χ4n) is 2.18. The Bertz CT molecular complexity index is 390. The van der Waals surface area contributed by atoms with Crippen LogP contribution in [0.25, 0.3) is 0 Å². The van der Waals surface area contributed by atoms with Crippen LogP contribution in [-0.2, 0) is 6.42 Å². The molecule has 1 aromatic carbocycles. The van der Waals surface area contributed by atoms with Crippen molar-refractivity contribution in [1.82, 2.24) is 5.32 Å². The van der Waals surface area contributed by atoms with Crippen molar-refractivity contribution >= 4 is 0 Å².